The van der Waals surface area contributed by atoms with Crippen LogP contribution in [-0.2, 0) is 0 Å². The maximum Gasteiger partial charge on any atom is 0.192 e. The number of aromatic hydroxyl groups is 1. The van der Waals surface area contributed by atoms with Crippen molar-refractivity contribution in [2.75, 3.05) is 0 Å². The largest absolute Gasteiger partial charge is 0.507 e. The summed E-state index contributed by atoms with van der Waals surface area (Å²) in [5.41, 5.74) is 1.79. The van der Waals surface area contributed by atoms with Crippen LogP contribution in [-0.4, -0.2) is 10.1 Å². The Hall–Kier alpha value is -3.59. The third-order valence-corrected chi connectivity index (χ3v) is 3.83. The van der Waals surface area contributed by atoms with Crippen molar-refractivity contribution in [1.29, 1.82) is 0 Å². The third kappa shape index (κ3) is 13.6. The molecule has 0 saturated carbocycles. The van der Waals surface area contributed by atoms with E-state index in [-0.39, 0.29) is 0 Å². The molecule has 1 aromatic heterocycles. The van der Waals surface area contributed by atoms with Gasteiger partial charge in [0.15, 0.2) is 11.5 Å². The zero-order valence-corrected chi connectivity index (χ0v) is 22.5. The highest BCUT2D eigenvalue weighted by Gasteiger charge is 1.97. The van der Waals surface area contributed by atoms with Crippen molar-refractivity contribution in [3.05, 3.63) is 109 Å². The van der Waals surface area contributed by atoms with Crippen molar-refractivity contribution in [1.82, 2.24) is 4.98 Å². The van der Waals surface area contributed by atoms with E-state index < -0.39 is 0 Å². The number of hydrogen-bond acceptors (Lipinski definition) is 3. The van der Waals surface area contributed by atoms with Gasteiger partial charge < -0.3 is 9.52 Å². The zero-order chi connectivity index (χ0) is 26.3. The summed E-state index contributed by atoms with van der Waals surface area (Å²) in [6, 6.07) is 33.0. The number of nitrogens with zero attached hydrogens (tertiary/aromatic N) is 1. The quantitative estimate of drug-likeness (QED) is 0.243. The number of benzene rings is 4. The van der Waals surface area contributed by atoms with E-state index in [1.165, 1.54) is 12.8 Å². The van der Waals surface area contributed by atoms with E-state index in [4.69, 9.17) is 4.42 Å². The van der Waals surface area contributed by atoms with Gasteiger partial charge in [-0.2, -0.15) is 0 Å². The highest BCUT2D eigenvalue weighted by molar-refractivity contribution is 5.87. The topological polar surface area (TPSA) is 46.3 Å². The Balaban J connectivity index is 0.000000443. The number of aryl methyl sites for hydroxylation is 1. The number of hydrogen-bond donors (Lipinski definition) is 1. The molecule has 1 heterocycles. The fourth-order valence-corrected chi connectivity index (χ4v) is 2.58. The minimum Gasteiger partial charge on any atom is -0.507 e. The number of oxazole rings is 1. The molecular weight excluding hydrogens is 430 g/mol. The molecule has 3 heteroatoms. The van der Waals surface area contributed by atoms with Crippen LogP contribution in [0.5, 0.6) is 5.75 Å². The van der Waals surface area contributed by atoms with Crippen LogP contribution in [0.15, 0.2) is 108 Å². The molecule has 5 rings (SSSR count). The zero-order valence-electron chi connectivity index (χ0n) is 22.5. The maximum absolute atomic E-state index is 9.37. The molecule has 0 radical (unpaired) electrons. The van der Waals surface area contributed by atoms with Gasteiger partial charge in [-0.1, -0.05) is 139 Å². The Morgan fingerprint density at radius 1 is 0.629 bits per heavy atom. The lowest BCUT2D eigenvalue weighted by atomic mass is 10.1. The first-order valence-corrected chi connectivity index (χ1v) is 12.6. The van der Waals surface area contributed by atoms with E-state index in [1.54, 1.807) is 6.07 Å². The highest BCUT2D eigenvalue weighted by Crippen LogP contribution is 2.22. The number of phenols is 1. The third-order valence-electron chi connectivity index (χ3n) is 3.83. The van der Waals surface area contributed by atoms with E-state index in [0.717, 1.165) is 27.8 Å². The minimum absolute atomic E-state index is 0.350. The van der Waals surface area contributed by atoms with Crippen LogP contribution in [0.2, 0.25) is 0 Å². The molecule has 5 aromatic rings. The van der Waals surface area contributed by atoms with Crippen LogP contribution in [0.4, 0.5) is 0 Å². The van der Waals surface area contributed by atoms with Gasteiger partial charge in [-0.15, -0.1) is 0 Å². The molecule has 0 bridgehead atoms. The molecule has 0 aliphatic carbocycles. The second-order valence-electron chi connectivity index (χ2n) is 7.27. The molecule has 0 aliphatic rings. The van der Waals surface area contributed by atoms with Crippen molar-refractivity contribution in [3.8, 4) is 5.75 Å². The van der Waals surface area contributed by atoms with Crippen molar-refractivity contribution < 1.29 is 9.52 Å². The molecule has 1 N–H and O–H groups in total. The highest BCUT2D eigenvalue weighted by atomic mass is 16.3. The number of aromatic nitrogens is 1. The molecule has 0 saturated heterocycles. The van der Waals surface area contributed by atoms with Gasteiger partial charge in [0.1, 0.15) is 11.3 Å². The van der Waals surface area contributed by atoms with Crippen LogP contribution in [0, 0.1) is 6.92 Å². The number of phenolic OH excluding ortho intramolecular Hbond substituents is 1. The Kier molecular flexibility index (Phi) is 18.8. The van der Waals surface area contributed by atoms with E-state index in [2.05, 4.69) is 32.7 Å². The smallest absolute Gasteiger partial charge is 0.192 e. The molecule has 0 unspecified atom stereocenters. The van der Waals surface area contributed by atoms with Crippen molar-refractivity contribution in [3.63, 3.8) is 0 Å². The lowest BCUT2D eigenvalue weighted by Gasteiger charge is -1.97. The fraction of sp³-hybridized carbons (Fsp3) is 0.281. The Bertz CT molecular complexity index is 1070. The normalized spacial score (nSPS) is 8.77. The molecule has 0 atom stereocenters. The number of fused-ring (bicyclic) bond motifs is 2. The van der Waals surface area contributed by atoms with Gasteiger partial charge in [-0.3, -0.25) is 0 Å². The summed E-state index contributed by atoms with van der Waals surface area (Å²) in [4.78, 5) is 4.15. The van der Waals surface area contributed by atoms with Gasteiger partial charge in [0.05, 0.1) is 0 Å². The monoisotopic (exact) mass is 473 g/mol. The predicted molar refractivity (Wildman–Crippen MR) is 154 cm³/mol. The van der Waals surface area contributed by atoms with E-state index >= 15 is 0 Å². The minimum atomic E-state index is 0.350. The van der Waals surface area contributed by atoms with E-state index in [9.17, 15) is 5.11 Å². The molecule has 0 aliphatic heterocycles. The first-order chi connectivity index (χ1) is 17.1. The Morgan fingerprint density at radius 2 is 1.09 bits per heavy atom. The van der Waals surface area contributed by atoms with Crippen molar-refractivity contribution in [2.24, 2.45) is 0 Å². The lowest BCUT2D eigenvalue weighted by molar-refractivity contribution is 0.481. The van der Waals surface area contributed by atoms with Gasteiger partial charge in [0, 0.05) is 12.3 Å². The summed E-state index contributed by atoms with van der Waals surface area (Å²) in [5.74, 6) is 1.07. The summed E-state index contributed by atoms with van der Waals surface area (Å²) in [6.45, 7) is 14.3. The lowest BCUT2D eigenvalue weighted by Crippen LogP contribution is -1.70. The average molecular weight is 474 g/mol. The van der Waals surface area contributed by atoms with Crippen LogP contribution < -0.4 is 0 Å². The Labute approximate surface area is 212 Å². The molecular formula is C32H43NO2. The van der Waals surface area contributed by atoms with E-state index in [0.29, 0.717) is 5.75 Å². The van der Waals surface area contributed by atoms with E-state index in [1.807, 2.05) is 118 Å². The van der Waals surface area contributed by atoms with Gasteiger partial charge in [0.2, 0.25) is 0 Å². The Morgan fingerprint density at radius 3 is 1.60 bits per heavy atom. The van der Waals surface area contributed by atoms with Gasteiger partial charge in [-0.05, 0) is 23.6 Å². The first-order valence-electron chi connectivity index (χ1n) is 12.6. The maximum atomic E-state index is 9.37. The standard InChI is InChI=1S/C10H8O.C8H7NO.C6H6.2C3H8.C2H6/c11-10-7-3-5-8-4-1-2-6-9(8)10;1-6-9-7-4-2-3-5-8(7)10-6;1-2-4-6-5-3-1;2*1-3-2;1-2/h1-7,11H;2-5H,1H3;1-6H;2*3H2,1-2H3;1-2H3. The molecule has 35 heavy (non-hydrogen) atoms. The number of rotatable bonds is 0. The summed E-state index contributed by atoms with van der Waals surface area (Å²) in [5, 5.41) is 11.4. The molecule has 188 valence electrons. The molecule has 0 fully saturated rings. The SMILES string of the molecule is CC.CCC.CCC.Cc1nc2ccccc2o1.Oc1cccc2ccccc12.c1ccccc1. The first kappa shape index (κ1) is 31.4. The van der Waals surface area contributed by atoms with Gasteiger partial charge >= 0.3 is 0 Å². The van der Waals surface area contributed by atoms with Crippen LogP contribution in [0.1, 0.15) is 60.3 Å². The summed E-state index contributed by atoms with van der Waals surface area (Å²) >= 11 is 0. The second-order valence-corrected chi connectivity index (χ2v) is 7.27. The fourth-order valence-electron chi connectivity index (χ4n) is 2.58. The molecule has 0 spiro atoms. The summed E-state index contributed by atoms with van der Waals surface area (Å²) in [7, 11) is 0. The molecule has 0 amide bonds. The average Bonchev–Trinajstić information content (AvgIpc) is 3.29. The molecule has 3 nitrogen and oxygen atoms in total. The van der Waals surface area contributed by atoms with Crippen molar-refractivity contribution >= 4 is 21.9 Å². The van der Waals surface area contributed by atoms with Crippen LogP contribution in [0.3, 0.4) is 0 Å². The summed E-state index contributed by atoms with van der Waals surface area (Å²) < 4.78 is 5.26. The second kappa shape index (κ2) is 21.0. The summed E-state index contributed by atoms with van der Waals surface area (Å²) in [6.07, 6.45) is 2.50. The van der Waals surface area contributed by atoms with Crippen LogP contribution in [0.25, 0.3) is 21.9 Å². The van der Waals surface area contributed by atoms with Gasteiger partial charge in [0.25, 0.3) is 0 Å². The van der Waals surface area contributed by atoms with Crippen LogP contribution >= 0.6 is 0 Å². The predicted octanol–water partition coefficient (Wildman–Crippen LogP) is 10.2. The van der Waals surface area contributed by atoms with Gasteiger partial charge in [-0.25, -0.2) is 4.98 Å². The molecule has 4 aromatic carbocycles. The number of para-hydroxylation sites is 2. The van der Waals surface area contributed by atoms with Crippen molar-refractivity contribution in [2.45, 2.75) is 61.3 Å².